The third-order valence-corrected chi connectivity index (χ3v) is 5.04. The zero-order valence-corrected chi connectivity index (χ0v) is 17.9. The molecule has 0 aliphatic heterocycles. The Morgan fingerprint density at radius 2 is 1.66 bits per heavy atom. The van der Waals surface area contributed by atoms with Gasteiger partial charge in [0.15, 0.2) is 5.76 Å². The predicted octanol–water partition coefficient (Wildman–Crippen LogP) is 5.26. The van der Waals surface area contributed by atoms with E-state index in [1.807, 2.05) is 31.2 Å². The largest absolute Gasteiger partial charge is 0.497 e. The van der Waals surface area contributed by atoms with Gasteiger partial charge in [-0.3, -0.25) is 9.59 Å². The number of nitrogens with one attached hydrogen (secondary N) is 2. The van der Waals surface area contributed by atoms with Crippen molar-refractivity contribution in [3.8, 4) is 11.5 Å². The summed E-state index contributed by atoms with van der Waals surface area (Å²) in [5.41, 5.74) is 3.03. The lowest BCUT2D eigenvalue weighted by molar-refractivity contribution is 0.0996. The first-order chi connectivity index (χ1) is 15.5. The van der Waals surface area contributed by atoms with Crippen molar-refractivity contribution < 1.29 is 23.5 Å². The molecule has 0 fully saturated rings. The third-order valence-electron chi connectivity index (χ3n) is 5.04. The fraction of sp³-hybridized carbons (Fsp3) is 0.120. The maximum absolute atomic E-state index is 12.7. The summed E-state index contributed by atoms with van der Waals surface area (Å²) in [4.78, 5) is 25.3. The van der Waals surface area contributed by atoms with Crippen molar-refractivity contribution in [3.05, 3.63) is 83.6 Å². The molecular formula is C25H22N2O5. The van der Waals surface area contributed by atoms with E-state index in [0.29, 0.717) is 34.0 Å². The van der Waals surface area contributed by atoms with Gasteiger partial charge < -0.3 is 24.5 Å². The van der Waals surface area contributed by atoms with Crippen LogP contribution in [-0.2, 0) is 0 Å². The maximum atomic E-state index is 12.7. The second-order valence-electron chi connectivity index (χ2n) is 7.15. The van der Waals surface area contributed by atoms with E-state index in [0.717, 1.165) is 10.9 Å². The highest BCUT2D eigenvalue weighted by atomic mass is 16.5. The molecule has 0 unspecified atom stereocenters. The minimum Gasteiger partial charge on any atom is -0.497 e. The molecule has 0 aliphatic carbocycles. The molecule has 7 heteroatoms. The lowest BCUT2D eigenvalue weighted by Crippen LogP contribution is -2.14. The number of anilines is 2. The second kappa shape index (κ2) is 8.85. The fourth-order valence-electron chi connectivity index (χ4n) is 3.34. The molecule has 32 heavy (non-hydrogen) atoms. The molecule has 1 aromatic heterocycles. The van der Waals surface area contributed by atoms with Gasteiger partial charge in [-0.2, -0.15) is 0 Å². The number of ether oxygens (including phenoxy) is 2. The summed E-state index contributed by atoms with van der Waals surface area (Å²) in [5, 5.41) is 6.56. The van der Waals surface area contributed by atoms with Gasteiger partial charge >= 0.3 is 0 Å². The molecule has 0 bridgehead atoms. The van der Waals surface area contributed by atoms with Crippen LogP contribution in [0.4, 0.5) is 11.4 Å². The topological polar surface area (TPSA) is 89.8 Å². The molecular weight excluding hydrogens is 408 g/mol. The van der Waals surface area contributed by atoms with Gasteiger partial charge in [0.25, 0.3) is 11.8 Å². The summed E-state index contributed by atoms with van der Waals surface area (Å²) in [6.45, 7) is 1.85. The number of furan rings is 1. The van der Waals surface area contributed by atoms with E-state index in [1.54, 1.807) is 49.6 Å². The third kappa shape index (κ3) is 4.27. The van der Waals surface area contributed by atoms with Gasteiger partial charge in [-0.15, -0.1) is 0 Å². The minimum atomic E-state index is -0.343. The Morgan fingerprint density at radius 3 is 2.38 bits per heavy atom. The number of para-hydroxylation sites is 1. The smallest absolute Gasteiger partial charge is 0.291 e. The Morgan fingerprint density at radius 1 is 0.844 bits per heavy atom. The average molecular weight is 430 g/mol. The Hall–Kier alpha value is -4.26. The molecule has 0 aliphatic rings. The molecule has 3 aromatic carbocycles. The summed E-state index contributed by atoms with van der Waals surface area (Å²) in [7, 11) is 3.04. The van der Waals surface area contributed by atoms with E-state index in [-0.39, 0.29) is 17.6 Å². The van der Waals surface area contributed by atoms with E-state index in [4.69, 9.17) is 13.9 Å². The molecule has 0 radical (unpaired) electrons. The first kappa shape index (κ1) is 21.0. The number of benzene rings is 3. The number of fused-ring (bicyclic) bond motifs is 1. The Balaban J connectivity index is 1.48. The molecule has 4 rings (SSSR count). The SMILES string of the molecule is COc1ccc(C(=O)Nc2ccc(NC(=O)c3cc4ccccc4o3)c(C)c2)c(OC)c1. The minimum absolute atomic E-state index is 0.231. The number of carbonyl (C=O) groups excluding carboxylic acids is 2. The normalized spacial score (nSPS) is 10.6. The van der Waals surface area contributed by atoms with Crippen LogP contribution in [0.15, 0.2) is 71.1 Å². The summed E-state index contributed by atoms with van der Waals surface area (Å²) < 4.78 is 16.1. The highest BCUT2D eigenvalue weighted by molar-refractivity contribution is 6.07. The number of rotatable bonds is 6. The molecule has 7 nitrogen and oxygen atoms in total. The average Bonchev–Trinajstić information content (AvgIpc) is 3.25. The summed E-state index contributed by atoms with van der Waals surface area (Å²) in [6, 6.07) is 19.4. The van der Waals surface area contributed by atoms with E-state index >= 15 is 0 Å². The zero-order valence-electron chi connectivity index (χ0n) is 17.9. The van der Waals surface area contributed by atoms with Gasteiger partial charge in [0.1, 0.15) is 17.1 Å². The van der Waals surface area contributed by atoms with Gasteiger partial charge in [0.2, 0.25) is 0 Å². The molecule has 0 saturated heterocycles. The summed E-state index contributed by atoms with van der Waals surface area (Å²) in [5.74, 6) is 0.577. The van der Waals surface area contributed by atoms with Gasteiger partial charge in [-0.05, 0) is 55.0 Å². The highest BCUT2D eigenvalue weighted by Crippen LogP contribution is 2.27. The number of carbonyl (C=O) groups is 2. The molecule has 2 amide bonds. The Labute approximate surface area is 184 Å². The lowest BCUT2D eigenvalue weighted by Gasteiger charge is -2.13. The molecule has 1 heterocycles. The van der Waals surface area contributed by atoms with Crippen LogP contribution in [0.3, 0.4) is 0 Å². The predicted molar refractivity (Wildman–Crippen MR) is 123 cm³/mol. The zero-order chi connectivity index (χ0) is 22.7. The number of hydrogen-bond acceptors (Lipinski definition) is 5. The van der Waals surface area contributed by atoms with Crippen molar-refractivity contribution >= 4 is 34.2 Å². The maximum Gasteiger partial charge on any atom is 0.291 e. The van der Waals surface area contributed by atoms with Crippen molar-refractivity contribution in [3.63, 3.8) is 0 Å². The molecule has 0 atom stereocenters. The van der Waals surface area contributed by atoms with Crippen LogP contribution in [0, 0.1) is 6.92 Å². The molecule has 162 valence electrons. The quantitative estimate of drug-likeness (QED) is 0.435. The van der Waals surface area contributed by atoms with Crippen LogP contribution >= 0.6 is 0 Å². The first-order valence-electron chi connectivity index (χ1n) is 9.92. The van der Waals surface area contributed by atoms with Crippen molar-refractivity contribution in [1.82, 2.24) is 0 Å². The van der Waals surface area contributed by atoms with Crippen LogP contribution in [0.25, 0.3) is 11.0 Å². The standard InChI is InChI=1S/C25H22N2O5/c1-15-12-17(26-24(28)19-10-9-18(30-2)14-22(19)31-3)8-11-20(15)27-25(29)23-13-16-6-4-5-7-21(16)32-23/h4-14H,1-3H3,(H,26,28)(H,27,29). The van der Waals surface area contributed by atoms with Crippen LogP contribution in [0.5, 0.6) is 11.5 Å². The van der Waals surface area contributed by atoms with Crippen LogP contribution in [0.2, 0.25) is 0 Å². The summed E-state index contributed by atoms with van der Waals surface area (Å²) >= 11 is 0. The second-order valence-corrected chi connectivity index (χ2v) is 7.15. The van der Waals surface area contributed by atoms with Gasteiger partial charge in [-0.1, -0.05) is 18.2 Å². The number of methoxy groups -OCH3 is 2. The lowest BCUT2D eigenvalue weighted by atomic mass is 10.1. The highest BCUT2D eigenvalue weighted by Gasteiger charge is 2.16. The Bertz CT molecular complexity index is 1280. The van der Waals surface area contributed by atoms with E-state index in [9.17, 15) is 9.59 Å². The van der Waals surface area contributed by atoms with Crippen LogP contribution < -0.4 is 20.1 Å². The van der Waals surface area contributed by atoms with Crippen molar-refractivity contribution in [2.45, 2.75) is 6.92 Å². The summed E-state index contributed by atoms with van der Waals surface area (Å²) in [6.07, 6.45) is 0. The van der Waals surface area contributed by atoms with Gasteiger partial charge in [0, 0.05) is 22.8 Å². The van der Waals surface area contributed by atoms with Crippen molar-refractivity contribution in [2.75, 3.05) is 24.9 Å². The fourth-order valence-corrected chi connectivity index (χ4v) is 3.34. The molecule has 2 N–H and O–H groups in total. The Kier molecular flexibility index (Phi) is 5.81. The monoisotopic (exact) mass is 430 g/mol. The van der Waals surface area contributed by atoms with Gasteiger partial charge in [0.05, 0.1) is 19.8 Å². The van der Waals surface area contributed by atoms with Crippen LogP contribution in [0.1, 0.15) is 26.5 Å². The number of amides is 2. The van der Waals surface area contributed by atoms with Crippen molar-refractivity contribution in [2.24, 2.45) is 0 Å². The van der Waals surface area contributed by atoms with Crippen molar-refractivity contribution in [1.29, 1.82) is 0 Å². The molecule has 0 saturated carbocycles. The van der Waals surface area contributed by atoms with E-state index in [2.05, 4.69) is 10.6 Å². The van der Waals surface area contributed by atoms with E-state index in [1.165, 1.54) is 7.11 Å². The van der Waals surface area contributed by atoms with E-state index < -0.39 is 0 Å². The van der Waals surface area contributed by atoms with Crippen LogP contribution in [-0.4, -0.2) is 26.0 Å². The molecule has 0 spiro atoms. The number of aryl methyl sites for hydroxylation is 1. The number of hydrogen-bond donors (Lipinski definition) is 2. The first-order valence-corrected chi connectivity index (χ1v) is 9.92. The molecule has 4 aromatic rings. The van der Waals surface area contributed by atoms with Gasteiger partial charge in [-0.25, -0.2) is 0 Å².